The van der Waals surface area contributed by atoms with Crippen molar-refractivity contribution in [3.63, 3.8) is 0 Å². The third-order valence-corrected chi connectivity index (χ3v) is 4.59. The highest BCUT2D eigenvalue weighted by atomic mass is 79.9. The van der Waals surface area contributed by atoms with E-state index in [-0.39, 0.29) is 5.78 Å². The molecule has 0 bridgehead atoms. The highest BCUT2D eigenvalue weighted by Gasteiger charge is 2.31. The van der Waals surface area contributed by atoms with Crippen molar-refractivity contribution >= 4 is 27.4 Å². The number of hydrogen-bond acceptors (Lipinski definition) is 3. The van der Waals surface area contributed by atoms with Crippen LogP contribution >= 0.6 is 15.9 Å². The lowest BCUT2D eigenvalue weighted by Crippen LogP contribution is -2.34. The SMILES string of the molecule is CC(=O)c1ccc(N2CC(C)C(N(C)C)C2)cc1Br. The van der Waals surface area contributed by atoms with Gasteiger partial charge >= 0.3 is 0 Å². The second-order valence-corrected chi connectivity index (χ2v) is 6.49. The lowest BCUT2D eigenvalue weighted by Gasteiger charge is -2.23. The van der Waals surface area contributed by atoms with Crippen LogP contribution in [0.3, 0.4) is 0 Å². The molecule has 0 aromatic heterocycles. The molecule has 2 atom stereocenters. The van der Waals surface area contributed by atoms with Gasteiger partial charge in [-0.25, -0.2) is 0 Å². The Morgan fingerprint density at radius 2 is 2.05 bits per heavy atom. The lowest BCUT2D eigenvalue weighted by molar-refractivity contribution is 0.101. The molecule has 4 heteroatoms. The molecule has 1 aliphatic rings. The molecule has 0 radical (unpaired) electrons. The first kappa shape index (κ1) is 14.5. The Morgan fingerprint density at radius 3 is 2.53 bits per heavy atom. The maximum Gasteiger partial charge on any atom is 0.160 e. The van der Waals surface area contributed by atoms with E-state index in [9.17, 15) is 4.79 Å². The molecule has 0 spiro atoms. The van der Waals surface area contributed by atoms with Gasteiger partial charge in [0.25, 0.3) is 0 Å². The summed E-state index contributed by atoms with van der Waals surface area (Å²) >= 11 is 3.50. The van der Waals surface area contributed by atoms with Crippen molar-refractivity contribution in [2.24, 2.45) is 5.92 Å². The van der Waals surface area contributed by atoms with Gasteiger partial charge in [-0.05, 0) is 61.1 Å². The zero-order valence-electron chi connectivity index (χ0n) is 12.0. The number of nitrogens with zero attached hydrogens (tertiary/aromatic N) is 2. The number of carbonyl (C=O) groups excluding carboxylic acids is 1. The molecule has 1 fully saturated rings. The van der Waals surface area contributed by atoms with Gasteiger partial charge in [-0.1, -0.05) is 6.92 Å². The summed E-state index contributed by atoms with van der Waals surface area (Å²) in [6, 6.07) is 6.61. The van der Waals surface area contributed by atoms with Gasteiger partial charge in [0.2, 0.25) is 0 Å². The van der Waals surface area contributed by atoms with E-state index in [1.807, 2.05) is 12.1 Å². The highest BCUT2D eigenvalue weighted by molar-refractivity contribution is 9.10. The van der Waals surface area contributed by atoms with Gasteiger partial charge in [0.15, 0.2) is 5.78 Å². The Hall–Kier alpha value is -0.870. The molecule has 1 heterocycles. The number of Topliss-reactive ketones (excluding diaryl/α,β-unsaturated/α-hetero) is 1. The third-order valence-electron chi connectivity index (χ3n) is 3.93. The predicted octanol–water partition coefficient (Wildman–Crippen LogP) is 3.04. The fraction of sp³-hybridized carbons (Fsp3) is 0.533. The zero-order chi connectivity index (χ0) is 14.2. The molecule has 1 saturated heterocycles. The summed E-state index contributed by atoms with van der Waals surface area (Å²) in [6.45, 7) is 6.00. The minimum atomic E-state index is 0.0967. The molecule has 2 unspecified atom stereocenters. The van der Waals surface area contributed by atoms with E-state index >= 15 is 0 Å². The quantitative estimate of drug-likeness (QED) is 0.798. The number of ketones is 1. The van der Waals surface area contributed by atoms with Crippen LogP contribution in [0.2, 0.25) is 0 Å². The molecule has 1 aromatic rings. The number of carbonyl (C=O) groups is 1. The van der Waals surface area contributed by atoms with Gasteiger partial charge in [0, 0.05) is 34.9 Å². The van der Waals surface area contributed by atoms with Gasteiger partial charge in [-0.3, -0.25) is 4.79 Å². The molecular formula is C15H21BrN2O. The summed E-state index contributed by atoms with van der Waals surface area (Å²) in [5.41, 5.74) is 1.94. The van der Waals surface area contributed by atoms with Crippen molar-refractivity contribution in [2.75, 3.05) is 32.1 Å². The molecule has 2 rings (SSSR count). The Kier molecular flexibility index (Phi) is 4.31. The molecule has 104 valence electrons. The van der Waals surface area contributed by atoms with Crippen molar-refractivity contribution in [3.8, 4) is 0 Å². The largest absolute Gasteiger partial charge is 0.370 e. The number of rotatable bonds is 3. The second kappa shape index (κ2) is 5.63. The molecule has 1 aromatic carbocycles. The maximum absolute atomic E-state index is 11.4. The van der Waals surface area contributed by atoms with Crippen molar-refractivity contribution in [1.82, 2.24) is 4.90 Å². The molecule has 19 heavy (non-hydrogen) atoms. The van der Waals surface area contributed by atoms with Crippen LogP contribution in [0.1, 0.15) is 24.2 Å². The monoisotopic (exact) mass is 324 g/mol. The minimum Gasteiger partial charge on any atom is -0.370 e. The Morgan fingerprint density at radius 1 is 1.37 bits per heavy atom. The van der Waals surface area contributed by atoms with Crippen LogP contribution in [0.5, 0.6) is 0 Å². The molecular weight excluding hydrogens is 304 g/mol. The number of benzene rings is 1. The average molecular weight is 325 g/mol. The van der Waals surface area contributed by atoms with Crippen LogP contribution in [-0.2, 0) is 0 Å². The van der Waals surface area contributed by atoms with Crippen molar-refractivity contribution < 1.29 is 4.79 Å². The van der Waals surface area contributed by atoms with E-state index in [0.29, 0.717) is 12.0 Å². The first-order chi connectivity index (χ1) is 8.90. The number of anilines is 1. The summed E-state index contributed by atoms with van der Waals surface area (Å²) in [5, 5.41) is 0. The summed E-state index contributed by atoms with van der Waals surface area (Å²) in [7, 11) is 4.28. The van der Waals surface area contributed by atoms with E-state index in [1.54, 1.807) is 6.92 Å². The van der Waals surface area contributed by atoms with Crippen molar-refractivity contribution in [1.29, 1.82) is 0 Å². The maximum atomic E-state index is 11.4. The summed E-state index contributed by atoms with van der Waals surface area (Å²) in [5.74, 6) is 0.751. The third kappa shape index (κ3) is 3.00. The summed E-state index contributed by atoms with van der Waals surface area (Å²) < 4.78 is 0.887. The fourth-order valence-electron chi connectivity index (χ4n) is 2.82. The Bertz CT molecular complexity index is 487. The molecule has 0 saturated carbocycles. The van der Waals surface area contributed by atoms with E-state index in [1.165, 1.54) is 5.69 Å². The minimum absolute atomic E-state index is 0.0967. The predicted molar refractivity (Wildman–Crippen MR) is 83.0 cm³/mol. The molecule has 0 N–H and O–H groups in total. The Balaban J connectivity index is 2.20. The molecule has 3 nitrogen and oxygen atoms in total. The first-order valence-corrected chi connectivity index (χ1v) is 7.41. The zero-order valence-corrected chi connectivity index (χ0v) is 13.6. The van der Waals surface area contributed by atoms with E-state index in [0.717, 1.165) is 23.1 Å². The molecule has 0 aliphatic carbocycles. The first-order valence-electron chi connectivity index (χ1n) is 6.62. The molecule has 0 amide bonds. The van der Waals surface area contributed by atoms with Gasteiger partial charge in [0.05, 0.1) is 0 Å². The van der Waals surface area contributed by atoms with Crippen LogP contribution in [0.15, 0.2) is 22.7 Å². The van der Waals surface area contributed by atoms with Gasteiger partial charge in [-0.15, -0.1) is 0 Å². The fourth-order valence-corrected chi connectivity index (χ4v) is 3.46. The highest BCUT2D eigenvalue weighted by Crippen LogP contribution is 2.29. The van der Waals surface area contributed by atoms with Crippen molar-refractivity contribution in [2.45, 2.75) is 19.9 Å². The second-order valence-electron chi connectivity index (χ2n) is 5.63. The summed E-state index contributed by atoms with van der Waals surface area (Å²) in [6.07, 6.45) is 0. The van der Waals surface area contributed by atoms with Gasteiger partial charge in [0.1, 0.15) is 0 Å². The topological polar surface area (TPSA) is 23.6 Å². The van der Waals surface area contributed by atoms with Crippen LogP contribution in [0.4, 0.5) is 5.69 Å². The normalized spacial score (nSPS) is 23.2. The van der Waals surface area contributed by atoms with E-state index < -0.39 is 0 Å². The standard InChI is InChI=1S/C15H21BrN2O/c1-10-8-18(9-15(10)17(3)4)12-5-6-13(11(2)19)14(16)7-12/h5-7,10,15H,8-9H2,1-4H3. The van der Waals surface area contributed by atoms with Crippen LogP contribution in [0, 0.1) is 5.92 Å². The molecule has 1 aliphatic heterocycles. The lowest BCUT2D eigenvalue weighted by atomic mass is 10.1. The summed E-state index contributed by atoms with van der Waals surface area (Å²) in [4.78, 5) is 16.1. The van der Waals surface area contributed by atoms with Crippen LogP contribution in [0.25, 0.3) is 0 Å². The van der Waals surface area contributed by atoms with E-state index in [2.05, 4.69) is 52.8 Å². The van der Waals surface area contributed by atoms with Crippen LogP contribution < -0.4 is 4.90 Å². The Labute approximate surface area is 123 Å². The number of likely N-dealkylation sites (N-methyl/N-ethyl adjacent to an activating group) is 1. The van der Waals surface area contributed by atoms with Gasteiger partial charge in [-0.2, -0.15) is 0 Å². The average Bonchev–Trinajstić information content (AvgIpc) is 2.70. The number of halogens is 1. The van der Waals surface area contributed by atoms with E-state index in [4.69, 9.17) is 0 Å². The van der Waals surface area contributed by atoms with Crippen molar-refractivity contribution in [3.05, 3.63) is 28.2 Å². The smallest absolute Gasteiger partial charge is 0.160 e. The number of hydrogen-bond donors (Lipinski definition) is 0. The van der Waals surface area contributed by atoms with Gasteiger partial charge < -0.3 is 9.80 Å². The van der Waals surface area contributed by atoms with Crippen LogP contribution in [-0.4, -0.2) is 43.9 Å².